The van der Waals surface area contributed by atoms with Crippen LogP contribution >= 0.6 is 0 Å². The zero-order chi connectivity index (χ0) is 42.6. The van der Waals surface area contributed by atoms with Gasteiger partial charge in [-0.2, -0.15) is 0 Å². The Kier molecular flexibility index (Phi) is 35.6. The van der Waals surface area contributed by atoms with Gasteiger partial charge in [-0.05, 0) is 38.5 Å². The van der Waals surface area contributed by atoms with Crippen molar-refractivity contribution in [1.29, 1.82) is 0 Å². The van der Waals surface area contributed by atoms with Gasteiger partial charge in [-0.25, -0.2) is 0 Å². The van der Waals surface area contributed by atoms with Crippen LogP contribution in [-0.4, -0.2) is 110 Å². The standard InChI is InChI=1S/C47H91NO10/c1-3-5-7-9-11-13-15-16-17-18-19-20-21-22-23-25-26-28-30-32-34-39(50)42(52)38(37-57-47-45(55)44(54)43(53)41(36-49)58-47)48-46(56)40(51)35-33-31-29-27-24-14-12-10-8-6-4-2/h26,28,38-45,47,49-55H,3-25,27,29-37H2,1-2H3,(H,48,56)/b28-26+. The number of amides is 1. The van der Waals surface area contributed by atoms with Crippen LogP contribution in [0.1, 0.15) is 213 Å². The second-order valence-electron chi connectivity index (χ2n) is 17.2. The van der Waals surface area contributed by atoms with Gasteiger partial charge in [-0.3, -0.25) is 4.79 Å². The van der Waals surface area contributed by atoms with E-state index >= 15 is 0 Å². The third kappa shape index (κ3) is 26.9. The van der Waals surface area contributed by atoms with Crippen molar-refractivity contribution in [3.8, 4) is 0 Å². The van der Waals surface area contributed by atoms with Gasteiger partial charge in [0.25, 0.3) is 0 Å². The summed E-state index contributed by atoms with van der Waals surface area (Å²) in [5, 5.41) is 75.6. The molecule has 0 aromatic carbocycles. The second kappa shape index (κ2) is 37.6. The summed E-state index contributed by atoms with van der Waals surface area (Å²) < 4.78 is 11.1. The summed E-state index contributed by atoms with van der Waals surface area (Å²) >= 11 is 0. The van der Waals surface area contributed by atoms with E-state index in [-0.39, 0.29) is 12.8 Å². The van der Waals surface area contributed by atoms with E-state index in [2.05, 4.69) is 31.3 Å². The number of carbonyl (C=O) groups excluding carboxylic acids is 1. The predicted octanol–water partition coefficient (Wildman–Crippen LogP) is 8.06. The third-order valence-electron chi connectivity index (χ3n) is 11.8. The Bertz CT molecular complexity index is 954. The van der Waals surface area contributed by atoms with Crippen molar-refractivity contribution in [3.63, 3.8) is 0 Å². The molecule has 0 saturated carbocycles. The number of ether oxygens (including phenoxy) is 2. The number of nitrogens with one attached hydrogen (secondary N) is 1. The molecule has 11 nitrogen and oxygen atoms in total. The van der Waals surface area contributed by atoms with Gasteiger partial charge < -0.3 is 50.5 Å². The molecule has 1 aliphatic heterocycles. The van der Waals surface area contributed by atoms with Crippen molar-refractivity contribution < 1.29 is 50.0 Å². The summed E-state index contributed by atoms with van der Waals surface area (Å²) in [6.45, 7) is 3.42. The van der Waals surface area contributed by atoms with Crippen LogP contribution in [0.4, 0.5) is 0 Å². The van der Waals surface area contributed by atoms with Crippen LogP contribution in [0.2, 0.25) is 0 Å². The topological polar surface area (TPSA) is 189 Å². The van der Waals surface area contributed by atoms with Gasteiger partial charge in [0.2, 0.25) is 5.91 Å². The molecule has 1 fully saturated rings. The maximum atomic E-state index is 13.0. The SMILES string of the molecule is CCCCCCCCCCCCCCCCC/C=C/CCCC(O)C(O)C(COC1OC(CO)C(O)C(O)C1O)NC(=O)C(O)CCCCCCCCCCCCC. The summed E-state index contributed by atoms with van der Waals surface area (Å²) in [5.41, 5.74) is 0. The highest BCUT2D eigenvalue weighted by Crippen LogP contribution is 2.23. The molecule has 0 aromatic rings. The maximum absolute atomic E-state index is 13.0. The lowest BCUT2D eigenvalue weighted by molar-refractivity contribution is -0.303. The smallest absolute Gasteiger partial charge is 0.249 e. The predicted molar refractivity (Wildman–Crippen MR) is 233 cm³/mol. The number of hydrogen-bond acceptors (Lipinski definition) is 10. The van der Waals surface area contributed by atoms with Crippen molar-refractivity contribution in [3.05, 3.63) is 12.2 Å². The number of rotatable bonds is 40. The van der Waals surface area contributed by atoms with Crippen molar-refractivity contribution in [2.45, 2.75) is 268 Å². The number of aliphatic hydroxyl groups is 7. The Morgan fingerprint density at radius 1 is 0.586 bits per heavy atom. The molecule has 0 radical (unpaired) electrons. The molecule has 1 rings (SSSR count). The molecular formula is C47H91NO10. The summed E-state index contributed by atoms with van der Waals surface area (Å²) in [4.78, 5) is 13.0. The highest BCUT2D eigenvalue weighted by Gasteiger charge is 2.44. The Morgan fingerprint density at radius 2 is 1.02 bits per heavy atom. The van der Waals surface area contributed by atoms with E-state index in [9.17, 15) is 40.5 Å². The highest BCUT2D eigenvalue weighted by atomic mass is 16.7. The van der Waals surface area contributed by atoms with Crippen LogP contribution in [-0.2, 0) is 14.3 Å². The lowest BCUT2D eigenvalue weighted by Crippen LogP contribution is -2.60. The molecule has 8 N–H and O–H groups in total. The monoisotopic (exact) mass is 830 g/mol. The summed E-state index contributed by atoms with van der Waals surface area (Å²) in [7, 11) is 0. The highest BCUT2D eigenvalue weighted by molar-refractivity contribution is 5.80. The first kappa shape index (κ1) is 54.9. The fourth-order valence-corrected chi connectivity index (χ4v) is 7.79. The molecule has 1 amide bonds. The first-order valence-corrected chi connectivity index (χ1v) is 24.1. The molecule has 11 heteroatoms. The molecule has 9 unspecified atom stereocenters. The molecular weight excluding hydrogens is 739 g/mol. The van der Waals surface area contributed by atoms with E-state index in [1.54, 1.807) is 0 Å². The number of hydrogen-bond donors (Lipinski definition) is 8. The summed E-state index contributed by atoms with van der Waals surface area (Å²) in [5.74, 6) is -0.706. The second-order valence-corrected chi connectivity index (χ2v) is 17.2. The van der Waals surface area contributed by atoms with E-state index < -0.39 is 74.2 Å². The van der Waals surface area contributed by atoms with Crippen LogP contribution in [0.5, 0.6) is 0 Å². The number of allylic oxidation sites excluding steroid dienone is 2. The van der Waals surface area contributed by atoms with Crippen LogP contribution < -0.4 is 5.32 Å². The molecule has 0 spiro atoms. The van der Waals surface area contributed by atoms with E-state index in [0.29, 0.717) is 12.8 Å². The lowest BCUT2D eigenvalue weighted by Gasteiger charge is -2.40. The van der Waals surface area contributed by atoms with Crippen molar-refractivity contribution >= 4 is 5.91 Å². The van der Waals surface area contributed by atoms with E-state index in [1.807, 2.05) is 0 Å². The molecule has 0 bridgehead atoms. The fraction of sp³-hybridized carbons (Fsp3) is 0.936. The quantitative estimate of drug-likeness (QED) is 0.0222. The molecule has 1 aliphatic rings. The summed E-state index contributed by atoms with van der Waals surface area (Å²) in [6.07, 6.45) is 28.4. The minimum Gasteiger partial charge on any atom is -0.394 e. The number of aliphatic hydroxyl groups excluding tert-OH is 7. The molecule has 58 heavy (non-hydrogen) atoms. The van der Waals surface area contributed by atoms with Crippen LogP contribution in [0.25, 0.3) is 0 Å². The van der Waals surface area contributed by atoms with E-state index in [0.717, 1.165) is 38.5 Å². The molecule has 344 valence electrons. The number of carbonyl (C=O) groups is 1. The molecule has 0 aliphatic carbocycles. The van der Waals surface area contributed by atoms with Gasteiger partial charge in [0.1, 0.15) is 36.6 Å². The van der Waals surface area contributed by atoms with E-state index in [1.165, 1.54) is 135 Å². The average Bonchev–Trinajstić information content (AvgIpc) is 3.22. The van der Waals surface area contributed by atoms with Crippen molar-refractivity contribution in [2.75, 3.05) is 13.2 Å². The lowest BCUT2D eigenvalue weighted by atomic mass is 9.98. The largest absolute Gasteiger partial charge is 0.394 e. The molecule has 1 saturated heterocycles. The zero-order valence-corrected chi connectivity index (χ0v) is 37.0. The van der Waals surface area contributed by atoms with Gasteiger partial charge in [0.15, 0.2) is 6.29 Å². The Hall–Kier alpha value is -1.15. The normalized spacial score (nSPS) is 22.0. The first-order chi connectivity index (χ1) is 28.2. The zero-order valence-electron chi connectivity index (χ0n) is 37.0. The maximum Gasteiger partial charge on any atom is 0.249 e. The van der Waals surface area contributed by atoms with E-state index in [4.69, 9.17) is 9.47 Å². The Labute approximate surface area is 353 Å². The number of unbranched alkanes of at least 4 members (excludes halogenated alkanes) is 26. The van der Waals surface area contributed by atoms with Crippen LogP contribution in [0.3, 0.4) is 0 Å². The molecule has 9 atom stereocenters. The van der Waals surface area contributed by atoms with Gasteiger partial charge in [0.05, 0.1) is 25.4 Å². The van der Waals surface area contributed by atoms with Crippen molar-refractivity contribution in [1.82, 2.24) is 5.32 Å². The van der Waals surface area contributed by atoms with Gasteiger partial charge in [0, 0.05) is 0 Å². The van der Waals surface area contributed by atoms with Gasteiger partial charge in [-0.1, -0.05) is 187 Å². The van der Waals surface area contributed by atoms with Gasteiger partial charge in [-0.15, -0.1) is 0 Å². The molecule has 0 aromatic heterocycles. The minimum atomic E-state index is -1.66. The summed E-state index contributed by atoms with van der Waals surface area (Å²) in [6, 6.07) is -1.18. The fourth-order valence-electron chi connectivity index (χ4n) is 7.79. The van der Waals surface area contributed by atoms with Gasteiger partial charge >= 0.3 is 0 Å². The molecule has 1 heterocycles. The van der Waals surface area contributed by atoms with Crippen molar-refractivity contribution in [2.24, 2.45) is 0 Å². The minimum absolute atomic E-state index is 0.257. The third-order valence-corrected chi connectivity index (χ3v) is 11.8. The Morgan fingerprint density at radius 3 is 1.48 bits per heavy atom. The first-order valence-electron chi connectivity index (χ1n) is 24.1. The van der Waals surface area contributed by atoms with Crippen LogP contribution in [0, 0.1) is 0 Å². The van der Waals surface area contributed by atoms with Crippen LogP contribution in [0.15, 0.2) is 12.2 Å². The average molecular weight is 830 g/mol. The Balaban J connectivity index is 2.42.